The van der Waals surface area contributed by atoms with E-state index >= 15 is 0 Å². The molecule has 0 radical (unpaired) electrons. The third-order valence-corrected chi connectivity index (χ3v) is 5.87. The molecule has 1 N–H and O–H groups in total. The highest BCUT2D eigenvalue weighted by atomic mass is 32.1. The second-order valence-electron chi connectivity index (χ2n) is 6.38. The number of hydrogen-bond acceptors (Lipinski definition) is 4. The Balaban J connectivity index is 2.19. The first-order valence-electron chi connectivity index (χ1n) is 8.68. The van der Waals surface area contributed by atoms with Gasteiger partial charge in [0.2, 0.25) is 5.91 Å². The van der Waals surface area contributed by atoms with E-state index in [4.69, 9.17) is 0 Å². The van der Waals surface area contributed by atoms with Crippen LogP contribution in [0.15, 0.2) is 29.1 Å². The molecule has 0 saturated heterocycles. The van der Waals surface area contributed by atoms with Gasteiger partial charge in [-0.3, -0.25) is 9.59 Å². The molecule has 0 aliphatic carbocycles. The average molecular weight is 357 g/mol. The quantitative estimate of drug-likeness (QED) is 0.756. The van der Waals surface area contributed by atoms with Crippen molar-refractivity contribution >= 4 is 37.4 Å². The van der Waals surface area contributed by atoms with Crippen LogP contribution >= 0.6 is 11.3 Å². The Bertz CT molecular complexity index is 989. The fourth-order valence-corrected chi connectivity index (χ4v) is 4.14. The van der Waals surface area contributed by atoms with Crippen molar-refractivity contribution in [2.75, 3.05) is 0 Å². The average Bonchev–Trinajstić information content (AvgIpc) is 3.00. The SMILES string of the molecule is CCC(C)NC(=O)C(CC)n1nc(C)c2sc3ccccc3c2c1=O. The van der Waals surface area contributed by atoms with Crippen molar-refractivity contribution in [3.63, 3.8) is 0 Å². The maximum absolute atomic E-state index is 13.1. The minimum Gasteiger partial charge on any atom is -0.352 e. The Labute approximate surface area is 150 Å². The van der Waals surface area contributed by atoms with Crippen molar-refractivity contribution in [2.45, 2.75) is 52.6 Å². The first kappa shape index (κ1) is 17.6. The zero-order valence-electron chi connectivity index (χ0n) is 15.0. The summed E-state index contributed by atoms with van der Waals surface area (Å²) in [6.45, 7) is 7.78. The van der Waals surface area contributed by atoms with Crippen LogP contribution in [0, 0.1) is 6.92 Å². The molecule has 0 fully saturated rings. The molecule has 0 bridgehead atoms. The molecule has 5 nitrogen and oxygen atoms in total. The lowest BCUT2D eigenvalue weighted by Gasteiger charge is -2.20. The Morgan fingerprint density at radius 2 is 2.00 bits per heavy atom. The van der Waals surface area contributed by atoms with Crippen LogP contribution in [0.2, 0.25) is 0 Å². The van der Waals surface area contributed by atoms with Gasteiger partial charge in [0.05, 0.1) is 15.8 Å². The third-order valence-electron chi connectivity index (χ3n) is 4.59. The van der Waals surface area contributed by atoms with Gasteiger partial charge >= 0.3 is 0 Å². The Morgan fingerprint density at radius 1 is 1.28 bits per heavy atom. The van der Waals surface area contributed by atoms with Crippen molar-refractivity contribution < 1.29 is 4.79 Å². The summed E-state index contributed by atoms with van der Waals surface area (Å²) >= 11 is 1.58. The van der Waals surface area contributed by atoms with Gasteiger partial charge in [0.15, 0.2) is 0 Å². The number of carbonyl (C=O) groups is 1. The highest BCUT2D eigenvalue weighted by Crippen LogP contribution is 2.33. The molecule has 2 aromatic heterocycles. The fraction of sp³-hybridized carbons (Fsp3) is 0.421. The summed E-state index contributed by atoms with van der Waals surface area (Å²) in [6.07, 6.45) is 1.36. The topological polar surface area (TPSA) is 64.0 Å². The molecular weight excluding hydrogens is 334 g/mol. The molecule has 0 aliphatic rings. The first-order valence-corrected chi connectivity index (χ1v) is 9.50. The predicted molar refractivity (Wildman–Crippen MR) is 103 cm³/mol. The summed E-state index contributed by atoms with van der Waals surface area (Å²) in [5.41, 5.74) is 0.592. The van der Waals surface area contributed by atoms with Crippen molar-refractivity contribution in [3.05, 3.63) is 40.3 Å². The molecule has 1 amide bonds. The standard InChI is InChI=1S/C19H23N3O2S/c1-5-11(3)20-18(23)14(6-2)22-19(24)16-13-9-7-8-10-15(13)25-17(16)12(4)21-22/h7-11,14H,5-6H2,1-4H3,(H,20,23). The monoisotopic (exact) mass is 357 g/mol. The van der Waals surface area contributed by atoms with E-state index in [9.17, 15) is 9.59 Å². The first-order chi connectivity index (χ1) is 12.0. The highest BCUT2D eigenvalue weighted by molar-refractivity contribution is 7.26. The summed E-state index contributed by atoms with van der Waals surface area (Å²) in [7, 11) is 0. The van der Waals surface area contributed by atoms with Crippen LogP contribution in [0.5, 0.6) is 0 Å². The van der Waals surface area contributed by atoms with Crippen molar-refractivity contribution in [2.24, 2.45) is 0 Å². The summed E-state index contributed by atoms with van der Waals surface area (Å²) in [5.74, 6) is -0.148. The molecule has 0 spiro atoms. The van der Waals surface area contributed by atoms with Gasteiger partial charge in [-0.2, -0.15) is 5.10 Å². The van der Waals surface area contributed by atoms with Gasteiger partial charge in [-0.05, 0) is 32.8 Å². The van der Waals surface area contributed by atoms with E-state index in [1.165, 1.54) is 4.68 Å². The van der Waals surface area contributed by atoms with Crippen LogP contribution in [-0.2, 0) is 4.79 Å². The van der Waals surface area contributed by atoms with Crippen LogP contribution in [0.1, 0.15) is 45.3 Å². The number of carbonyl (C=O) groups excluding carboxylic acids is 1. The summed E-state index contributed by atoms with van der Waals surface area (Å²) in [6, 6.07) is 7.34. The second kappa shape index (κ2) is 6.96. The molecule has 1 aromatic carbocycles. The van der Waals surface area contributed by atoms with Gasteiger partial charge < -0.3 is 5.32 Å². The molecule has 0 saturated carbocycles. The van der Waals surface area contributed by atoms with Crippen LogP contribution in [-0.4, -0.2) is 21.7 Å². The van der Waals surface area contributed by atoms with Gasteiger partial charge in [-0.25, -0.2) is 4.68 Å². The number of benzene rings is 1. The third kappa shape index (κ3) is 3.06. The summed E-state index contributed by atoms with van der Waals surface area (Å²) < 4.78 is 3.34. The number of aryl methyl sites for hydroxylation is 1. The minimum absolute atomic E-state index is 0.0732. The molecule has 3 aromatic rings. The lowest BCUT2D eigenvalue weighted by Crippen LogP contribution is -2.41. The number of nitrogens with one attached hydrogen (secondary N) is 1. The molecule has 2 heterocycles. The Morgan fingerprint density at radius 3 is 2.68 bits per heavy atom. The van der Waals surface area contributed by atoms with E-state index < -0.39 is 6.04 Å². The zero-order valence-corrected chi connectivity index (χ0v) is 15.8. The van der Waals surface area contributed by atoms with Crippen molar-refractivity contribution in [1.29, 1.82) is 0 Å². The smallest absolute Gasteiger partial charge is 0.276 e. The number of thiophene rings is 1. The number of amides is 1. The Hall–Kier alpha value is -2.21. The van der Waals surface area contributed by atoms with Crippen LogP contribution < -0.4 is 10.9 Å². The Kier molecular flexibility index (Phi) is 4.90. The van der Waals surface area contributed by atoms with E-state index in [1.54, 1.807) is 11.3 Å². The predicted octanol–water partition coefficient (Wildman–Crippen LogP) is 3.79. The van der Waals surface area contributed by atoms with E-state index in [1.807, 2.05) is 52.0 Å². The molecule has 2 atom stereocenters. The fourth-order valence-electron chi connectivity index (χ4n) is 3.00. The molecule has 2 unspecified atom stereocenters. The molecule has 0 aliphatic heterocycles. The van der Waals surface area contributed by atoms with Gasteiger partial charge in [0.25, 0.3) is 5.56 Å². The normalized spacial score (nSPS) is 13.9. The second-order valence-corrected chi connectivity index (χ2v) is 7.43. The lowest BCUT2D eigenvalue weighted by molar-refractivity contribution is -0.125. The zero-order chi connectivity index (χ0) is 18.1. The maximum Gasteiger partial charge on any atom is 0.276 e. The van der Waals surface area contributed by atoms with Gasteiger partial charge in [-0.15, -0.1) is 11.3 Å². The lowest BCUT2D eigenvalue weighted by atomic mass is 10.1. The highest BCUT2D eigenvalue weighted by Gasteiger charge is 2.24. The van der Waals surface area contributed by atoms with Crippen LogP contribution in [0.4, 0.5) is 0 Å². The molecular formula is C19H23N3O2S. The van der Waals surface area contributed by atoms with E-state index in [0.717, 1.165) is 26.9 Å². The van der Waals surface area contributed by atoms with Crippen molar-refractivity contribution in [1.82, 2.24) is 15.1 Å². The van der Waals surface area contributed by atoms with E-state index in [-0.39, 0.29) is 17.5 Å². The summed E-state index contributed by atoms with van der Waals surface area (Å²) in [5, 5.41) is 9.05. The van der Waals surface area contributed by atoms with Crippen LogP contribution in [0.25, 0.3) is 20.2 Å². The molecule has 25 heavy (non-hydrogen) atoms. The van der Waals surface area contributed by atoms with E-state index in [2.05, 4.69) is 10.4 Å². The number of nitrogens with zero attached hydrogens (tertiary/aromatic N) is 2. The van der Waals surface area contributed by atoms with Gasteiger partial charge in [0, 0.05) is 16.1 Å². The molecule has 6 heteroatoms. The van der Waals surface area contributed by atoms with Crippen molar-refractivity contribution in [3.8, 4) is 0 Å². The number of rotatable bonds is 5. The molecule has 132 valence electrons. The molecule has 3 rings (SSSR count). The number of fused-ring (bicyclic) bond motifs is 3. The summed E-state index contributed by atoms with van der Waals surface area (Å²) in [4.78, 5) is 25.8. The number of aromatic nitrogens is 2. The number of hydrogen-bond donors (Lipinski definition) is 1. The maximum atomic E-state index is 13.1. The van der Waals surface area contributed by atoms with Gasteiger partial charge in [0.1, 0.15) is 6.04 Å². The largest absolute Gasteiger partial charge is 0.352 e. The van der Waals surface area contributed by atoms with Crippen LogP contribution in [0.3, 0.4) is 0 Å². The van der Waals surface area contributed by atoms with Gasteiger partial charge in [-0.1, -0.05) is 32.0 Å². The van der Waals surface area contributed by atoms with E-state index in [0.29, 0.717) is 11.8 Å². The minimum atomic E-state index is -0.594.